The maximum atomic E-state index is 10.6. The summed E-state index contributed by atoms with van der Waals surface area (Å²) in [5, 5.41) is 0. The third-order valence-corrected chi connectivity index (χ3v) is 1.94. The van der Waals surface area contributed by atoms with Gasteiger partial charge in [-0.3, -0.25) is 0 Å². The van der Waals surface area contributed by atoms with Gasteiger partial charge in [-0.2, -0.15) is 0 Å². The fourth-order valence-electron chi connectivity index (χ4n) is 1.21. The van der Waals surface area contributed by atoms with Crippen molar-refractivity contribution < 1.29 is 19.1 Å². The van der Waals surface area contributed by atoms with Crippen LogP contribution in [0.4, 0.5) is 0 Å². The van der Waals surface area contributed by atoms with Crippen LogP contribution in [0.3, 0.4) is 0 Å². The molecule has 0 amide bonds. The molecule has 0 aromatic rings. The van der Waals surface area contributed by atoms with E-state index in [2.05, 4.69) is 16.4 Å². The molecule has 4 heteroatoms. The lowest BCUT2D eigenvalue weighted by molar-refractivity contribution is -0.150. The number of ether oxygens (including phenoxy) is 2. The van der Waals surface area contributed by atoms with Gasteiger partial charge in [0.1, 0.15) is 0 Å². The van der Waals surface area contributed by atoms with E-state index in [4.69, 9.17) is 0 Å². The van der Waals surface area contributed by atoms with Crippen LogP contribution in [0.25, 0.3) is 0 Å². The van der Waals surface area contributed by atoms with Gasteiger partial charge in [-0.1, -0.05) is 26.2 Å². The van der Waals surface area contributed by atoms with E-state index < -0.39 is 18.2 Å². The predicted octanol–water partition coefficient (Wildman–Crippen LogP) is 1.38. The van der Waals surface area contributed by atoms with Gasteiger partial charge >= 0.3 is 11.9 Å². The van der Waals surface area contributed by atoms with Crippen LogP contribution in [-0.4, -0.2) is 18.2 Å². The van der Waals surface area contributed by atoms with Crippen LogP contribution in [0.1, 0.15) is 39.0 Å². The molecular formula is C9H14O4. The first-order chi connectivity index (χ1) is 6.24. The van der Waals surface area contributed by atoms with E-state index in [1.807, 2.05) is 0 Å². The molecule has 0 unspecified atom stereocenters. The lowest BCUT2D eigenvalue weighted by atomic mass is 10.1. The van der Waals surface area contributed by atoms with E-state index in [9.17, 15) is 9.59 Å². The molecule has 74 valence electrons. The summed E-state index contributed by atoms with van der Waals surface area (Å²) in [5.41, 5.74) is 0. The molecule has 0 aromatic heterocycles. The van der Waals surface area contributed by atoms with Crippen LogP contribution in [0.2, 0.25) is 0 Å². The molecule has 1 aliphatic rings. The molecule has 1 aliphatic heterocycles. The van der Waals surface area contributed by atoms with Crippen LogP contribution in [-0.2, 0) is 19.1 Å². The maximum absolute atomic E-state index is 10.6. The van der Waals surface area contributed by atoms with Crippen molar-refractivity contribution in [2.24, 2.45) is 0 Å². The molecule has 0 atom stereocenters. The molecular weight excluding hydrogens is 172 g/mol. The highest BCUT2D eigenvalue weighted by Gasteiger charge is 2.33. The highest BCUT2D eigenvalue weighted by Crippen LogP contribution is 2.14. The van der Waals surface area contributed by atoms with Gasteiger partial charge in [0.15, 0.2) is 0 Å². The van der Waals surface area contributed by atoms with Crippen LogP contribution in [0.5, 0.6) is 0 Å². The largest absolute Gasteiger partial charge is 0.420 e. The average molecular weight is 186 g/mol. The first kappa shape index (κ1) is 10.0. The SMILES string of the molecule is CCCCCCC1OC(=O)C(=O)O1. The fourth-order valence-corrected chi connectivity index (χ4v) is 1.21. The van der Waals surface area contributed by atoms with Crippen molar-refractivity contribution in [3.05, 3.63) is 0 Å². The van der Waals surface area contributed by atoms with Crippen LogP contribution >= 0.6 is 0 Å². The molecule has 13 heavy (non-hydrogen) atoms. The summed E-state index contributed by atoms with van der Waals surface area (Å²) in [6.45, 7) is 2.12. The minimum atomic E-state index is -0.861. The number of esters is 2. The van der Waals surface area contributed by atoms with Crippen molar-refractivity contribution in [3.63, 3.8) is 0 Å². The van der Waals surface area contributed by atoms with Gasteiger partial charge in [-0.25, -0.2) is 9.59 Å². The van der Waals surface area contributed by atoms with Crippen molar-refractivity contribution in [2.75, 3.05) is 0 Å². The van der Waals surface area contributed by atoms with Crippen molar-refractivity contribution in [3.8, 4) is 0 Å². The summed E-state index contributed by atoms with van der Waals surface area (Å²) in [4.78, 5) is 21.2. The molecule has 1 rings (SSSR count). The highest BCUT2D eigenvalue weighted by molar-refractivity contribution is 6.30. The Morgan fingerprint density at radius 1 is 1.08 bits per heavy atom. The zero-order chi connectivity index (χ0) is 9.68. The smallest absolute Gasteiger partial charge is 0.417 e. The van der Waals surface area contributed by atoms with E-state index in [1.54, 1.807) is 0 Å². The van der Waals surface area contributed by atoms with Gasteiger partial charge in [0, 0.05) is 6.42 Å². The number of carbonyl (C=O) groups is 2. The second kappa shape index (κ2) is 4.84. The average Bonchev–Trinajstić information content (AvgIpc) is 2.41. The molecule has 1 fully saturated rings. The Hall–Kier alpha value is -1.06. The van der Waals surface area contributed by atoms with Gasteiger partial charge < -0.3 is 9.47 Å². The Morgan fingerprint density at radius 2 is 1.69 bits per heavy atom. The van der Waals surface area contributed by atoms with E-state index in [0.29, 0.717) is 6.42 Å². The highest BCUT2D eigenvalue weighted by atomic mass is 16.8. The number of hydrogen-bond acceptors (Lipinski definition) is 4. The number of hydrogen-bond donors (Lipinski definition) is 0. The minimum Gasteiger partial charge on any atom is -0.417 e. The molecule has 1 heterocycles. The van der Waals surface area contributed by atoms with Crippen molar-refractivity contribution >= 4 is 11.9 Å². The van der Waals surface area contributed by atoms with Gasteiger partial charge in [0.25, 0.3) is 0 Å². The van der Waals surface area contributed by atoms with Gasteiger partial charge in [0.05, 0.1) is 0 Å². The van der Waals surface area contributed by atoms with Crippen molar-refractivity contribution in [1.82, 2.24) is 0 Å². The quantitative estimate of drug-likeness (QED) is 0.370. The van der Waals surface area contributed by atoms with Crippen molar-refractivity contribution in [2.45, 2.75) is 45.3 Å². The summed E-state index contributed by atoms with van der Waals surface area (Å²) in [5.74, 6) is -1.72. The lowest BCUT2D eigenvalue weighted by Crippen LogP contribution is -2.07. The van der Waals surface area contributed by atoms with E-state index in [0.717, 1.165) is 25.7 Å². The third kappa shape index (κ3) is 3.05. The number of unbranched alkanes of at least 4 members (excludes halogenated alkanes) is 3. The molecule has 0 bridgehead atoms. The summed E-state index contributed by atoms with van der Waals surface area (Å²) < 4.78 is 9.29. The molecule has 0 saturated carbocycles. The molecule has 4 nitrogen and oxygen atoms in total. The van der Waals surface area contributed by atoms with Crippen LogP contribution < -0.4 is 0 Å². The van der Waals surface area contributed by atoms with Crippen LogP contribution in [0.15, 0.2) is 0 Å². The molecule has 0 aliphatic carbocycles. The second-order valence-corrected chi connectivity index (χ2v) is 3.09. The Kier molecular flexibility index (Phi) is 3.73. The second-order valence-electron chi connectivity index (χ2n) is 3.09. The maximum Gasteiger partial charge on any atom is 0.420 e. The Bertz CT molecular complexity index is 184. The standard InChI is InChI=1S/C9H14O4/c1-2-3-4-5-6-7-12-8(10)9(11)13-7/h7H,2-6H2,1H3. The van der Waals surface area contributed by atoms with Gasteiger partial charge in [-0.05, 0) is 6.42 Å². The Morgan fingerprint density at radius 3 is 2.23 bits per heavy atom. The Labute approximate surface area is 77.2 Å². The fraction of sp³-hybridized carbons (Fsp3) is 0.778. The van der Waals surface area contributed by atoms with Crippen molar-refractivity contribution in [1.29, 1.82) is 0 Å². The van der Waals surface area contributed by atoms with Crippen LogP contribution in [0, 0.1) is 0 Å². The topological polar surface area (TPSA) is 52.6 Å². The molecule has 0 radical (unpaired) electrons. The van der Waals surface area contributed by atoms with E-state index in [1.165, 1.54) is 0 Å². The number of cyclic esters (lactones) is 2. The first-order valence-electron chi connectivity index (χ1n) is 4.65. The summed E-state index contributed by atoms with van der Waals surface area (Å²) in [7, 11) is 0. The lowest BCUT2D eigenvalue weighted by Gasteiger charge is -2.06. The summed E-state index contributed by atoms with van der Waals surface area (Å²) in [6, 6.07) is 0. The summed E-state index contributed by atoms with van der Waals surface area (Å²) >= 11 is 0. The van der Waals surface area contributed by atoms with E-state index in [-0.39, 0.29) is 0 Å². The van der Waals surface area contributed by atoms with Gasteiger partial charge in [-0.15, -0.1) is 0 Å². The summed E-state index contributed by atoms with van der Waals surface area (Å²) in [6.07, 6.45) is 4.33. The molecule has 0 spiro atoms. The predicted molar refractivity (Wildman–Crippen MR) is 44.7 cm³/mol. The molecule has 0 N–H and O–H groups in total. The number of carbonyl (C=O) groups excluding carboxylic acids is 2. The monoisotopic (exact) mass is 186 g/mol. The zero-order valence-electron chi connectivity index (χ0n) is 7.75. The normalized spacial score (nSPS) is 17.3. The van der Waals surface area contributed by atoms with E-state index >= 15 is 0 Å². The molecule has 1 saturated heterocycles. The minimum absolute atomic E-state index is 0.622. The zero-order valence-corrected chi connectivity index (χ0v) is 7.75. The first-order valence-corrected chi connectivity index (χ1v) is 4.65. The molecule has 0 aromatic carbocycles. The Balaban J connectivity index is 2.10. The number of rotatable bonds is 5. The van der Waals surface area contributed by atoms with Gasteiger partial charge in [0.2, 0.25) is 6.29 Å². The third-order valence-electron chi connectivity index (χ3n) is 1.94.